The molecule has 0 atom stereocenters. The lowest BCUT2D eigenvalue weighted by atomic mass is 10.2. The highest BCUT2D eigenvalue weighted by Gasteiger charge is 2.13. The monoisotopic (exact) mass is 255 g/mol. The largest absolute Gasteiger partial charge is 0.461 e. The van der Waals surface area contributed by atoms with Crippen LogP contribution in [0.3, 0.4) is 0 Å². The maximum atomic E-state index is 11.3. The molecule has 0 aliphatic carbocycles. The third-order valence-corrected chi connectivity index (χ3v) is 2.84. The highest BCUT2D eigenvalue weighted by molar-refractivity contribution is 7.13. The second kappa shape index (κ2) is 7.59. The SMILES string of the molecule is CCOC(=O)c1nnc(CCCCN=[N+]=[N-])s1. The lowest BCUT2D eigenvalue weighted by Gasteiger charge is -1.94. The number of ether oxygens (including phenoxy) is 1. The van der Waals surface area contributed by atoms with Gasteiger partial charge in [0.15, 0.2) is 0 Å². The molecule has 0 radical (unpaired) electrons. The first-order valence-corrected chi connectivity index (χ1v) is 6.10. The van der Waals surface area contributed by atoms with Gasteiger partial charge in [-0.15, -0.1) is 10.2 Å². The van der Waals surface area contributed by atoms with Crippen LogP contribution in [0.5, 0.6) is 0 Å². The summed E-state index contributed by atoms with van der Waals surface area (Å²) >= 11 is 1.24. The number of aryl methyl sites for hydroxylation is 1. The Bertz CT molecular complexity index is 413. The summed E-state index contributed by atoms with van der Waals surface area (Å²) < 4.78 is 4.81. The molecule has 0 saturated carbocycles. The van der Waals surface area contributed by atoms with Gasteiger partial charge in [0.25, 0.3) is 0 Å². The summed E-state index contributed by atoms with van der Waals surface area (Å²) in [5.74, 6) is -0.426. The van der Waals surface area contributed by atoms with Crippen molar-refractivity contribution in [2.24, 2.45) is 5.11 Å². The van der Waals surface area contributed by atoms with Gasteiger partial charge in [-0.25, -0.2) is 4.79 Å². The molecule has 1 aromatic heterocycles. The normalized spacial score (nSPS) is 9.71. The minimum atomic E-state index is -0.426. The topological polar surface area (TPSA) is 101 Å². The van der Waals surface area contributed by atoms with E-state index < -0.39 is 5.97 Å². The number of hydrogen-bond acceptors (Lipinski definition) is 6. The molecule has 17 heavy (non-hydrogen) atoms. The third-order valence-electron chi connectivity index (χ3n) is 1.88. The summed E-state index contributed by atoms with van der Waals surface area (Å²) in [5.41, 5.74) is 8.08. The molecule has 92 valence electrons. The van der Waals surface area contributed by atoms with Gasteiger partial charge in [-0.2, -0.15) is 0 Å². The summed E-state index contributed by atoms with van der Waals surface area (Å²) in [6.45, 7) is 2.56. The van der Waals surface area contributed by atoms with Crippen LogP contribution in [0.15, 0.2) is 5.11 Å². The van der Waals surface area contributed by atoms with Crippen molar-refractivity contribution in [3.63, 3.8) is 0 Å². The van der Waals surface area contributed by atoms with Gasteiger partial charge in [0.2, 0.25) is 5.01 Å². The van der Waals surface area contributed by atoms with Crippen molar-refractivity contribution in [3.8, 4) is 0 Å². The molecule has 0 aliphatic heterocycles. The average Bonchev–Trinajstić information content (AvgIpc) is 2.78. The van der Waals surface area contributed by atoms with Gasteiger partial charge in [0, 0.05) is 17.9 Å². The lowest BCUT2D eigenvalue weighted by molar-refractivity contribution is 0.0525. The molecule has 7 nitrogen and oxygen atoms in total. The van der Waals surface area contributed by atoms with Gasteiger partial charge in [0.05, 0.1) is 6.61 Å². The van der Waals surface area contributed by atoms with E-state index in [0.717, 1.165) is 24.3 Å². The molecule has 0 bridgehead atoms. The summed E-state index contributed by atoms with van der Waals surface area (Å²) in [6.07, 6.45) is 2.40. The van der Waals surface area contributed by atoms with E-state index in [2.05, 4.69) is 20.2 Å². The molecule has 8 heteroatoms. The highest BCUT2D eigenvalue weighted by atomic mass is 32.1. The van der Waals surface area contributed by atoms with Crippen LogP contribution in [0.2, 0.25) is 0 Å². The number of azide groups is 1. The molecule has 0 unspecified atom stereocenters. The van der Waals surface area contributed by atoms with Crippen LogP contribution >= 0.6 is 11.3 Å². The molecule has 0 aliphatic rings. The maximum Gasteiger partial charge on any atom is 0.369 e. The second-order valence-electron chi connectivity index (χ2n) is 3.13. The highest BCUT2D eigenvalue weighted by Crippen LogP contribution is 2.13. The molecule has 1 heterocycles. The number of carbonyl (C=O) groups is 1. The second-order valence-corrected chi connectivity index (χ2v) is 4.20. The van der Waals surface area contributed by atoms with Crippen LogP contribution in [0.1, 0.15) is 34.6 Å². The van der Waals surface area contributed by atoms with Crippen molar-refractivity contribution in [2.45, 2.75) is 26.2 Å². The van der Waals surface area contributed by atoms with Gasteiger partial charge in [-0.05, 0) is 25.3 Å². The smallest absolute Gasteiger partial charge is 0.369 e. The Morgan fingerprint density at radius 2 is 2.35 bits per heavy atom. The van der Waals surface area contributed by atoms with Crippen molar-refractivity contribution in [1.29, 1.82) is 0 Å². The van der Waals surface area contributed by atoms with E-state index in [1.54, 1.807) is 6.92 Å². The summed E-state index contributed by atoms with van der Waals surface area (Å²) in [6, 6.07) is 0. The van der Waals surface area contributed by atoms with E-state index in [1.165, 1.54) is 11.3 Å². The molecule has 1 aromatic rings. The van der Waals surface area contributed by atoms with Gasteiger partial charge < -0.3 is 4.74 Å². The summed E-state index contributed by atoms with van der Waals surface area (Å²) in [7, 11) is 0. The first-order valence-electron chi connectivity index (χ1n) is 5.28. The first kappa shape index (κ1) is 13.4. The standard InChI is InChI=1S/C9H13N5O2S/c1-2-16-9(15)8-13-12-7(17-8)5-3-4-6-11-14-10/h2-6H2,1H3. The Balaban J connectivity index is 2.35. The van der Waals surface area contributed by atoms with Gasteiger partial charge in [-0.3, -0.25) is 0 Å². The number of hydrogen-bond donors (Lipinski definition) is 0. The van der Waals surface area contributed by atoms with Crippen LogP contribution in [0.4, 0.5) is 0 Å². The van der Waals surface area contributed by atoms with E-state index >= 15 is 0 Å². The zero-order valence-corrected chi connectivity index (χ0v) is 10.3. The lowest BCUT2D eigenvalue weighted by Crippen LogP contribution is -2.03. The van der Waals surface area contributed by atoms with Crippen LogP contribution in [-0.4, -0.2) is 29.3 Å². The van der Waals surface area contributed by atoms with E-state index in [0.29, 0.717) is 13.2 Å². The maximum absolute atomic E-state index is 11.3. The quantitative estimate of drug-likeness (QED) is 0.245. The molecule has 0 N–H and O–H groups in total. The fourth-order valence-electron chi connectivity index (χ4n) is 1.13. The Morgan fingerprint density at radius 1 is 1.53 bits per heavy atom. The zero-order chi connectivity index (χ0) is 12.5. The number of rotatable bonds is 7. The van der Waals surface area contributed by atoms with Gasteiger partial charge >= 0.3 is 5.97 Å². The van der Waals surface area contributed by atoms with Crippen LogP contribution in [0.25, 0.3) is 10.4 Å². The Hall–Kier alpha value is -1.66. The van der Waals surface area contributed by atoms with Crippen LogP contribution in [-0.2, 0) is 11.2 Å². The summed E-state index contributed by atoms with van der Waals surface area (Å²) in [4.78, 5) is 14.0. The molecule has 0 aromatic carbocycles. The van der Waals surface area contributed by atoms with Crippen molar-refractivity contribution in [3.05, 3.63) is 20.5 Å². The number of carbonyl (C=O) groups excluding carboxylic acids is 1. The molecule has 0 amide bonds. The number of esters is 1. The van der Waals surface area contributed by atoms with Gasteiger partial charge in [-0.1, -0.05) is 16.5 Å². The Morgan fingerprint density at radius 3 is 3.06 bits per heavy atom. The van der Waals surface area contributed by atoms with Gasteiger partial charge in [0.1, 0.15) is 5.01 Å². The van der Waals surface area contributed by atoms with E-state index in [4.69, 9.17) is 10.3 Å². The molecule has 0 spiro atoms. The molecule has 1 rings (SSSR count). The Kier molecular flexibility index (Phi) is 5.98. The fraction of sp³-hybridized carbons (Fsp3) is 0.667. The van der Waals surface area contributed by atoms with Crippen molar-refractivity contribution >= 4 is 17.3 Å². The first-order chi connectivity index (χ1) is 8.27. The fourth-order valence-corrected chi connectivity index (χ4v) is 1.91. The van der Waals surface area contributed by atoms with E-state index in [1.807, 2.05) is 0 Å². The molecular formula is C9H13N5O2S. The molecule has 0 saturated heterocycles. The van der Waals surface area contributed by atoms with E-state index in [-0.39, 0.29) is 5.01 Å². The Labute approximate surface area is 102 Å². The minimum absolute atomic E-state index is 0.289. The van der Waals surface area contributed by atoms with Crippen LogP contribution < -0.4 is 0 Å². The average molecular weight is 255 g/mol. The van der Waals surface area contributed by atoms with Crippen molar-refractivity contribution in [2.75, 3.05) is 13.2 Å². The van der Waals surface area contributed by atoms with Crippen molar-refractivity contribution in [1.82, 2.24) is 10.2 Å². The van der Waals surface area contributed by atoms with Crippen molar-refractivity contribution < 1.29 is 9.53 Å². The predicted octanol–water partition coefficient (Wildman–Crippen LogP) is 2.35. The minimum Gasteiger partial charge on any atom is -0.461 e. The third kappa shape index (κ3) is 4.80. The van der Waals surface area contributed by atoms with Crippen LogP contribution in [0, 0.1) is 0 Å². The van der Waals surface area contributed by atoms with E-state index in [9.17, 15) is 4.79 Å². The zero-order valence-electron chi connectivity index (χ0n) is 9.50. The number of unbranched alkanes of at least 4 members (excludes halogenated alkanes) is 1. The molecular weight excluding hydrogens is 242 g/mol. The molecule has 0 fully saturated rings. The number of aromatic nitrogens is 2. The predicted molar refractivity (Wildman–Crippen MR) is 62.8 cm³/mol. The number of nitrogens with zero attached hydrogens (tertiary/aromatic N) is 5. The summed E-state index contributed by atoms with van der Waals surface area (Å²) in [5, 5.41) is 12.2.